The fourth-order valence-corrected chi connectivity index (χ4v) is 1.44. The molecule has 0 saturated heterocycles. The van der Waals surface area contributed by atoms with Crippen molar-refractivity contribution in [2.24, 2.45) is 0 Å². The van der Waals surface area contributed by atoms with Gasteiger partial charge in [-0.05, 0) is 29.0 Å². The first-order valence-electron chi connectivity index (χ1n) is 2.90. The summed E-state index contributed by atoms with van der Waals surface area (Å²) in [7, 11) is 0. The van der Waals surface area contributed by atoms with E-state index in [1.165, 1.54) is 6.33 Å². The molecule has 4 heteroatoms. The lowest BCUT2D eigenvalue weighted by atomic mass is 10.3. The van der Waals surface area contributed by atoms with Gasteiger partial charge < -0.3 is 0 Å². The molecule has 1 heterocycles. The van der Waals surface area contributed by atoms with Crippen molar-refractivity contribution in [3.8, 4) is 0 Å². The van der Waals surface area contributed by atoms with E-state index in [4.69, 9.17) is 11.6 Å². The maximum Gasteiger partial charge on any atom is 0.146 e. The largest absolute Gasteiger partial charge is 0.240 e. The molecular weight excluding hydrogens is 262 g/mol. The summed E-state index contributed by atoms with van der Waals surface area (Å²) in [6, 6.07) is 0. The van der Waals surface area contributed by atoms with E-state index >= 15 is 0 Å². The Hall–Kier alpha value is 0.100. The molecule has 1 rings (SSSR count). The molecular formula is C6H6ClIN2. The normalized spacial score (nSPS) is 9.90. The summed E-state index contributed by atoms with van der Waals surface area (Å²) in [5.74, 6) is 0. The van der Waals surface area contributed by atoms with Crippen LogP contribution >= 0.6 is 34.2 Å². The van der Waals surface area contributed by atoms with Crippen LogP contribution in [-0.2, 0) is 6.42 Å². The fourth-order valence-electron chi connectivity index (χ4n) is 0.628. The molecule has 0 fully saturated rings. The van der Waals surface area contributed by atoms with Gasteiger partial charge in [-0.1, -0.05) is 18.5 Å². The van der Waals surface area contributed by atoms with Crippen molar-refractivity contribution in [1.29, 1.82) is 0 Å². The third-order valence-electron chi connectivity index (χ3n) is 1.15. The van der Waals surface area contributed by atoms with E-state index in [1.807, 2.05) is 6.92 Å². The molecule has 0 saturated carbocycles. The van der Waals surface area contributed by atoms with Gasteiger partial charge in [-0.15, -0.1) is 0 Å². The second-order valence-corrected chi connectivity index (χ2v) is 3.22. The third kappa shape index (κ3) is 1.58. The first-order valence-corrected chi connectivity index (χ1v) is 4.36. The quantitative estimate of drug-likeness (QED) is 0.577. The maximum absolute atomic E-state index is 5.73. The first kappa shape index (κ1) is 8.20. The van der Waals surface area contributed by atoms with Crippen molar-refractivity contribution in [3.05, 3.63) is 20.7 Å². The number of hydrogen-bond acceptors (Lipinski definition) is 2. The van der Waals surface area contributed by atoms with Crippen LogP contribution in [0, 0.1) is 3.57 Å². The molecule has 54 valence electrons. The lowest BCUT2D eigenvalue weighted by Crippen LogP contribution is -1.93. The molecule has 0 N–H and O–H groups in total. The minimum absolute atomic E-state index is 0.549. The standard InChI is InChI=1S/C6H6ClIN2/c1-2-4-5(8)6(7)10-3-9-4/h3H,2H2,1H3. The van der Waals surface area contributed by atoms with Crippen LogP contribution in [0.5, 0.6) is 0 Å². The third-order valence-corrected chi connectivity index (χ3v) is 2.89. The summed E-state index contributed by atoms with van der Waals surface area (Å²) < 4.78 is 0.962. The van der Waals surface area contributed by atoms with Gasteiger partial charge in [0.2, 0.25) is 0 Å². The molecule has 0 bridgehead atoms. The molecule has 0 spiro atoms. The molecule has 0 aliphatic rings. The summed E-state index contributed by atoms with van der Waals surface area (Å²) >= 11 is 7.88. The van der Waals surface area contributed by atoms with Crippen LogP contribution in [0.15, 0.2) is 6.33 Å². The predicted molar refractivity (Wildman–Crippen MR) is 49.1 cm³/mol. The highest BCUT2D eigenvalue weighted by molar-refractivity contribution is 14.1. The number of hydrogen-bond donors (Lipinski definition) is 0. The molecule has 0 radical (unpaired) electrons. The monoisotopic (exact) mass is 268 g/mol. The van der Waals surface area contributed by atoms with Gasteiger partial charge in [0.15, 0.2) is 0 Å². The molecule has 0 aliphatic heterocycles. The zero-order valence-corrected chi connectivity index (χ0v) is 8.35. The predicted octanol–water partition coefficient (Wildman–Crippen LogP) is 2.30. The minimum atomic E-state index is 0.549. The summed E-state index contributed by atoms with van der Waals surface area (Å²) in [6.07, 6.45) is 2.39. The van der Waals surface area contributed by atoms with Gasteiger partial charge in [-0.3, -0.25) is 0 Å². The van der Waals surface area contributed by atoms with E-state index in [-0.39, 0.29) is 0 Å². The van der Waals surface area contributed by atoms with Crippen molar-refractivity contribution in [2.45, 2.75) is 13.3 Å². The van der Waals surface area contributed by atoms with Crippen LogP contribution in [0.4, 0.5) is 0 Å². The number of aromatic nitrogens is 2. The van der Waals surface area contributed by atoms with Gasteiger partial charge in [-0.25, -0.2) is 9.97 Å². The van der Waals surface area contributed by atoms with Crippen LogP contribution in [0.1, 0.15) is 12.6 Å². The van der Waals surface area contributed by atoms with E-state index in [2.05, 4.69) is 32.6 Å². The van der Waals surface area contributed by atoms with Gasteiger partial charge in [0.1, 0.15) is 11.5 Å². The molecule has 10 heavy (non-hydrogen) atoms. The molecule has 0 aromatic carbocycles. The van der Waals surface area contributed by atoms with E-state index in [9.17, 15) is 0 Å². The second-order valence-electron chi connectivity index (χ2n) is 1.78. The first-order chi connectivity index (χ1) is 4.75. The molecule has 2 nitrogen and oxygen atoms in total. The van der Waals surface area contributed by atoms with Gasteiger partial charge in [0.05, 0.1) is 9.26 Å². The lowest BCUT2D eigenvalue weighted by Gasteiger charge is -1.98. The molecule has 0 amide bonds. The SMILES string of the molecule is CCc1ncnc(Cl)c1I. The zero-order valence-electron chi connectivity index (χ0n) is 5.43. The highest BCUT2D eigenvalue weighted by Crippen LogP contribution is 2.17. The topological polar surface area (TPSA) is 25.8 Å². The molecule has 0 aliphatic carbocycles. The number of nitrogens with zero attached hydrogens (tertiary/aromatic N) is 2. The molecule has 1 aromatic rings. The van der Waals surface area contributed by atoms with Crippen LogP contribution in [0.25, 0.3) is 0 Å². The van der Waals surface area contributed by atoms with Crippen molar-refractivity contribution in [3.63, 3.8) is 0 Å². The average Bonchev–Trinajstić information content (AvgIpc) is 1.95. The Kier molecular flexibility index (Phi) is 2.85. The number of aryl methyl sites for hydroxylation is 1. The summed E-state index contributed by atoms with van der Waals surface area (Å²) in [4.78, 5) is 7.89. The zero-order chi connectivity index (χ0) is 7.56. The molecule has 0 unspecified atom stereocenters. The Balaban J connectivity index is 3.14. The fraction of sp³-hybridized carbons (Fsp3) is 0.333. The van der Waals surface area contributed by atoms with Crippen molar-refractivity contribution in [2.75, 3.05) is 0 Å². The highest BCUT2D eigenvalue weighted by Gasteiger charge is 2.02. The summed E-state index contributed by atoms with van der Waals surface area (Å²) in [5, 5.41) is 0.549. The summed E-state index contributed by atoms with van der Waals surface area (Å²) in [6.45, 7) is 2.04. The van der Waals surface area contributed by atoms with Crippen LogP contribution in [-0.4, -0.2) is 9.97 Å². The van der Waals surface area contributed by atoms with E-state index in [1.54, 1.807) is 0 Å². The Morgan fingerprint density at radius 1 is 1.60 bits per heavy atom. The van der Waals surface area contributed by atoms with Crippen LogP contribution in [0.3, 0.4) is 0 Å². The van der Waals surface area contributed by atoms with Crippen molar-refractivity contribution >= 4 is 34.2 Å². The Bertz CT molecular complexity index is 239. The van der Waals surface area contributed by atoms with Gasteiger partial charge in [0, 0.05) is 0 Å². The second kappa shape index (κ2) is 3.48. The maximum atomic E-state index is 5.73. The van der Waals surface area contributed by atoms with Gasteiger partial charge in [0.25, 0.3) is 0 Å². The number of rotatable bonds is 1. The Morgan fingerprint density at radius 3 is 2.80 bits per heavy atom. The van der Waals surface area contributed by atoms with E-state index < -0.39 is 0 Å². The van der Waals surface area contributed by atoms with Crippen molar-refractivity contribution in [1.82, 2.24) is 9.97 Å². The Morgan fingerprint density at radius 2 is 2.30 bits per heavy atom. The lowest BCUT2D eigenvalue weighted by molar-refractivity contribution is 0.982. The van der Waals surface area contributed by atoms with Crippen molar-refractivity contribution < 1.29 is 0 Å². The van der Waals surface area contributed by atoms with E-state index in [0.29, 0.717) is 5.15 Å². The van der Waals surface area contributed by atoms with Crippen LogP contribution in [0.2, 0.25) is 5.15 Å². The number of halogens is 2. The molecule has 0 atom stereocenters. The van der Waals surface area contributed by atoms with Crippen LogP contribution < -0.4 is 0 Å². The van der Waals surface area contributed by atoms with Gasteiger partial charge >= 0.3 is 0 Å². The van der Waals surface area contributed by atoms with E-state index in [0.717, 1.165) is 15.7 Å². The summed E-state index contributed by atoms with van der Waals surface area (Å²) in [5.41, 5.74) is 1.01. The minimum Gasteiger partial charge on any atom is -0.240 e. The highest BCUT2D eigenvalue weighted by atomic mass is 127. The smallest absolute Gasteiger partial charge is 0.146 e. The molecule has 1 aromatic heterocycles. The Labute approximate surface area is 78.2 Å². The van der Waals surface area contributed by atoms with Gasteiger partial charge in [-0.2, -0.15) is 0 Å². The average molecular weight is 268 g/mol.